The van der Waals surface area contributed by atoms with E-state index in [1.807, 2.05) is 30.3 Å². The summed E-state index contributed by atoms with van der Waals surface area (Å²) in [7, 11) is 0. The van der Waals surface area contributed by atoms with Gasteiger partial charge in [-0.2, -0.15) is 5.10 Å². The van der Waals surface area contributed by atoms with Crippen molar-refractivity contribution >= 4 is 43.9 Å². The third-order valence-electron chi connectivity index (χ3n) is 5.56. The molecule has 6 heteroatoms. The molecule has 1 amide bonds. The molecule has 0 aliphatic heterocycles. The van der Waals surface area contributed by atoms with Gasteiger partial charge in [0.05, 0.1) is 16.5 Å². The standard InChI is InChI=1S/C22H21N3O2S/c26-16-8-5-13(6-9-16)22(27)23-15-7-10-18-17(12-15)21(25-24-18)20-11-14-3-1-2-4-19(14)28-20/h1-4,7,10-13,16,26H,5-6,8-9H2,(H,23,27)(H,24,25)/t13-,16-. The lowest BCUT2D eigenvalue weighted by atomic mass is 9.87. The number of carbonyl (C=O) groups is 1. The molecule has 1 aliphatic carbocycles. The van der Waals surface area contributed by atoms with Crippen molar-refractivity contribution in [1.82, 2.24) is 10.2 Å². The van der Waals surface area contributed by atoms with Crippen LogP contribution in [0.4, 0.5) is 5.69 Å². The van der Waals surface area contributed by atoms with Gasteiger partial charge in [0.15, 0.2) is 0 Å². The topological polar surface area (TPSA) is 78.0 Å². The number of H-pyrrole nitrogens is 1. The molecule has 0 unspecified atom stereocenters. The first kappa shape index (κ1) is 17.4. The van der Waals surface area contributed by atoms with Crippen LogP contribution in [0.2, 0.25) is 0 Å². The first-order valence-corrected chi connectivity index (χ1v) is 10.4. The molecular weight excluding hydrogens is 370 g/mol. The lowest BCUT2D eigenvalue weighted by Crippen LogP contribution is -2.28. The van der Waals surface area contributed by atoms with E-state index >= 15 is 0 Å². The van der Waals surface area contributed by atoms with Crippen molar-refractivity contribution in [2.45, 2.75) is 31.8 Å². The van der Waals surface area contributed by atoms with Crippen molar-refractivity contribution < 1.29 is 9.90 Å². The van der Waals surface area contributed by atoms with Gasteiger partial charge in [-0.1, -0.05) is 18.2 Å². The Kier molecular flexibility index (Phi) is 4.37. The molecule has 5 nitrogen and oxygen atoms in total. The average molecular weight is 391 g/mol. The minimum absolute atomic E-state index is 0.0227. The predicted molar refractivity (Wildman–Crippen MR) is 114 cm³/mol. The summed E-state index contributed by atoms with van der Waals surface area (Å²) >= 11 is 1.72. The van der Waals surface area contributed by atoms with E-state index in [4.69, 9.17) is 0 Å². The van der Waals surface area contributed by atoms with Crippen molar-refractivity contribution in [2.75, 3.05) is 5.32 Å². The van der Waals surface area contributed by atoms with Crippen molar-refractivity contribution in [1.29, 1.82) is 0 Å². The van der Waals surface area contributed by atoms with Gasteiger partial charge >= 0.3 is 0 Å². The first-order valence-electron chi connectivity index (χ1n) is 9.63. The molecule has 2 aromatic carbocycles. The maximum absolute atomic E-state index is 12.6. The van der Waals surface area contributed by atoms with E-state index in [2.05, 4.69) is 33.7 Å². The SMILES string of the molecule is O=C(Nc1ccc2[nH]nc(-c3cc4ccccc4s3)c2c1)[C@H]1CC[C@H](O)CC1. The number of fused-ring (bicyclic) bond motifs is 2. The predicted octanol–water partition coefficient (Wildman–Crippen LogP) is 4.93. The highest BCUT2D eigenvalue weighted by Gasteiger charge is 2.25. The summed E-state index contributed by atoms with van der Waals surface area (Å²) in [6.07, 6.45) is 2.64. The summed E-state index contributed by atoms with van der Waals surface area (Å²) in [5.74, 6) is 0.0173. The minimum Gasteiger partial charge on any atom is -0.393 e. The number of nitrogens with one attached hydrogen (secondary N) is 2. The van der Waals surface area contributed by atoms with Crippen LogP contribution in [-0.2, 0) is 4.79 Å². The van der Waals surface area contributed by atoms with Gasteiger partial charge in [-0.3, -0.25) is 9.89 Å². The number of thiophene rings is 1. The van der Waals surface area contributed by atoms with E-state index in [1.165, 1.54) is 10.1 Å². The number of amides is 1. The minimum atomic E-state index is -0.254. The smallest absolute Gasteiger partial charge is 0.227 e. The van der Waals surface area contributed by atoms with E-state index in [-0.39, 0.29) is 17.9 Å². The van der Waals surface area contributed by atoms with Crippen molar-refractivity contribution in [3.05, 3.63) is 48.5 Å². The number of aliphatic hydroxyl groups excluding tert-OH is 1. The Balaban J connectivity index is 1.44. The fourth-order valence-electron chi connectivity index (χ4n) is 3.96. The van der Waals surface area contributed by atoms with Crippen molar-refractivity contribution in [2.24, 2.45) is 5.92 Å². The summed E-state index contributed by atoms with van der Waals surface area (Å²) < 4.78 is 1.23. The maximum atomic E-state index is 12.6. The number of aliphatic hydroxyl groups is 1. The molecule has 1 saturated carbocycles. The Morgan fingerprint density at radius 3 is 2.75 bits per heavy atom. The normalized spacial score (nSPS) is 19.9. The van der Waals surface area contributed by atoms with Gasteiger partial charge in [0, 0.05) is 21.7 Å². The number of carbonyl (C=O) groups excluding carboxylic acids is 1. The molecule has 2 heterocycles. The van der Waals surface area contributed by atoms with Crippen LogP contribution in [0, 0.1) is 5.92 Å². The molecule has 2 aromatic heterocycles. The zero-order valence-electron chi connectivity index (χ0n) is 15.3. The Morgan fingerprint density at radius 2 is 1.93 bits per heavy atom. The van der Waals surface area contributed by atoms with E-state index in [0.717, 1.165) is 40.0 Å². The number of hydrogen-bond acceptors (Lipinski definition) is 4. The van der Waals surface area contributed by atoms with Gasteiger partial charge < -0.3 is 10.4 Å². The molecule has 0 saturated heterocycles. The van der Waals surface area contributed by atoms with Crippen LogP contribution in [0.3, 0.4) is 0 Å². The molecular formula is C22H21N3O2S. The quantitative estimate of drug-likeness (QED) is 0.463. The molecule has 5 rings (SSSR count). The summed E-state index contributed by atoms with van der Waals surface area (Å²) in [6, 6.07) is 16.3. The van der Waals surface area contributed by atoms with Crippen LogP contribution >= 0.6 is 11.3 Å². The lowest BCUT2D eigenvalue weighted by Gasteiger charge is -2.24. The largest absolute Gasteiger partial charge is 0.393 e. The van der Waals surface area contributed by atoms with Crippen LogP contribution in [0.5, 0.6) is 0 Å². The van der Waals surface area contributed by atoms with Crippen LogP contribution < -0.4 is 5.32 Å². The van der Waals surface area contributed by atoms with Crippen LogP contribution in [0.1, 0.15) is 25.7 Å². The maximum Gasteiger partial charge on any atom is 0.227 e. The molecule has 28 heavy (non-hydrogen) atoms. The summed E-state index contributed by atoms with van der Waals surface area (Å²) in [5, 5.41) is 22.5. The third kappa shape index (κ3) is 3.19. The van der Waals surface area contributed by atoms with Crippen LogP contribution in [-0.4, -0.2) is 27.3 Å². The summed E-state index contributed by atoms with van der Waals surface area (Å²) in [6.45, 7) is 0. The lowest BCUT2D eigenvalue weighted by molar-refractivity contribution is -0.121. The molecule has 3 N–H and O–H groups in total. The van der Waals surface area contributed by atoms with Gasteiger partial charge in [-0.05, 0) is 61.4 Å². The summed E-state index contributed by atoms with van der Waals surface area (Å²) in [5.41, 5.74) is 2.65. The van der Waals surface area contributed by atoms with E-state index in [0.29, 0.717) is 12.8 Å². The highest BCUT2D eigenvalue weighted by atomic mass is 32.1. The van der Waals surface area contributed by atoms with Gasteiger partial charge in [-0.25, -0.2) is 0 Å². The highest BCUT2D eigenvalue weighted by molar-refractivity contribution is 7.22. The van der Waals surface area contributed by atoms with E-state index < -0.39 is 0 Å². The first-order chi connectivity index (χ1) is 13.7. The Hall–Kier alpha value is -2.70. The Bertz CT molecular complexity index is 1120. The third-order valence-corrected chi connectivity index (χ3v) is 6.68. The molecule has 1 fully saturated rings. The molecule has 0 bridgehead atoms. The zero-order valence-corrected chi connectivity index (χ0v) is 16.1. The fraction of sp³-hybridized carbons (Fsp3) is 0.273. The highest BCUT2D eigenvalue weighted by Crippen LogP contribution is 2.36. The Morgan fingerprint density at radius 1 is 1.11 bits per heavy atom. The second kappa shape index (κ2) is 7.04. The van der Waals surface area contributed by atoms with Crippen molar-refractivity contribution in [3.8, 4) is 10.6 Å². The number of rotatable bonds is 3. The fourth-order valence-corrected chi connectivity index (χ4v) is 5.03. The summed E-state index contributed by atoms with van der Waals surface area (Å²) in [4.78, 5) is 13.7. The second-order valence-electron chi connectivity index (χ2n) is 7.48. The monoisotopic (exact) mass is 391 g/mol. The van der Waals surface area contributed by atoms with Gasteiger partial charge in [0.2, 0.25) is 5.91 Å². The second-order valence-corrected chi connectivity index (χ2v) is 8.56. The van der Waals surface area contributed by atoms with E-state index in [1.54, 1.807) is 11.3 Å². The number of nitrogens with zero attached hydrogens (tertiary/aromatic N) is 1. The molecule has 4 aromatic rings. The van der Waals surface area contributed by atoms with Crippen molar-refractivity contribution in [3.63, 3.8) is 0 Å². The molecule has 0 atom stereocenters. The zero-order chi connectivity index (χ0) is 19.1. The number of aromatic nitrogens is 2. The number of hydrogen-bond donors (Lipinski definition) is 3. The molecule has 1 aliphatic rings. The number of anilines is 1. The van der Waals surface area contributed by atoms with Gasteiger partial charge in [-0.15, -0.1) is 11.3 Å². The Labute approximate surface area is 166 Å². The molecule has 0 spiro atoms. The number of benzene rings is 2. The van der Waals surface area contributed by atoms with Gasteiger partial charge in [0.25, 0.3) is 0 Å². The van der Waals surface area contributed by atoms with Crippen LogP contribution in [0.25, 0.3) is 31.6 Å². The molecule has 142 valence electrons. The van der Waals surface area contributed by atoms with E-state index in [9.17, 15) is 9.90 Å². The van der Waals surface area contributed by atoms with Gasteiger partial charge in [0.1, 0.15) is 5.69 Å². The van der Waals surface area contributed by atoms with Crippen LogP contribution in [0.15, 0.2) is 48.5 Å². The molecule has 0 radical (unpaired) electrons. The number of aromatic amines is 1. The average Bonchev–Trinajstić information content (AvgIpc) is 3.31.